The summed E-state index contributed by atoms with van der Waals surface area (Å²) in [5.41, 5.74) is 3.62. The summed E-state index contributed by atoms with van der Waals surface area (Å²) in [5.74, 6) is -0.939. The first kappa shape index (κ1) is 26.1. The van der Waals surface area contributed by atoms with Crippen molar-refractivity contribution >= 4 is 29.4 Å². The predicted octanol–water partition coefficient (Wildman–Crippen LogP) is 5.57. The molecular formula is C28H25F2N7O2S. The molecule has 6 rings (SSSR count). The number of anilines is 1. The monoisotopic (exact) mass is 561 g/mol. The summed E-state index contributed by atoms with van der Waals surface area (Å²) in [5, 5.41) is 13.9. The molecule has 1 aliphatic heterocycles. The largest absolute Gasteiger partial charge is 0.306 e. The molecule has 2 aromatic carbocycles. The van der Waals surface area contributed by atoms with Crippen LogP contribution in [0.15, 0.2) is 78.1 Å². The summed E-state index contributed by atoms with van der Waals surface area (Å²) >= 11 is 0.930. The summed E-state index contributed by atoms with van der Waals surface area (Å²) < 4.78 is 36.0. The first-order valence-electron chi connectivity index (χ1n) is 12.8. The zero-order valence-corrected chi connectivity index (χ0v) is 22.3. The molecule has 0 bridgehead atoms. The third kappa shape index (κ3) is 5.60. The summed E-state index contributed by atoms with van der Waals surface area (Å²) in [6.07, 6.45) is 6.37. The molecule has 12 heteroatoms. The fourth-order valence-corrected chi connectivity index (χ4v) is 5.30. The molecule has 0 saturated carbocycles. The van der Waals surface area contributed by atoms with Gasteiger partial charge in [0.2, 0.25) is 0 Å². The number of piperidine rings is 1. The van der Waals surface area contributed by atoms with Crippen LogP contribution in [0.4, 0.5) is 14.6 Å². The van der Waals surface area contributed by atoms with E-state index in [-0.39, 0.29) is 11.8 Å². The number of benzene rings is 2. The summed E-state index contributed by atoms with van der Waals surface area (Å²) in [7, 11) is 0. The summed E-state index contributed by atoms with van der Waals surface area (Å²) in [6.45, 7) is 3.24. The van der Waals surface area contributed by atoms with E-state index in [0.717, 1.165) is 47.9 Å². The minimum Gasteiger partial charge on any atom is -0.306 e. The van der Waals surface area contributed by atoms with Gasteiger partial charge < -0.3 is 5.32 Å². The number of nitrogens with one attached hydrogen (secondary N) is 1. The van der Waals surface area contributed by atoms with Crippen molar-refractivity contribution in [3.05, 3.63) is 102 Å². The number of rotatable bonds is 7. The quantitative estimate of drug-likeness (QED) is 0.260. The molecule has 0 atom stereocenters. The van der Waals surface area contributed by atoms with E-state index in [2.05, 4.69) is 15.4 Å². The molecule has 4 heterocycles. The van der Waals surface area contributed by atoms with Gasteiger partial charge in [0.05, 0.1) is 29.6 Å². The van der Waals surface area contributed by atoms with Crippen LogP contribution in [0.3, 0.4) is 0 Å². The van der Waals surface area contributed by atoms with Crippen LogP contribution in [-0.2, 0) is 4.28 Å². The number of carbonyl (C=O) groups is 1. The van der Waals surface area contributed by atoms with Gasteiger partial charge in [0.25, 0.3) is 5.91 Å². The Hall–Kier alpha value is -4.13. The van der Waals surface area contributed by atoms with Crippen LogP contribution in [0.1, 0.15) is 40.4 Å². The van der Waals surface area contributed by atoms with Crippen LogP contribution in [0.25, 0.3) is 11.3 Å². The van der Waals surface area contributed by atoms with Crippen molar-refractivity contribution in [2.75, 3.05) is 18.4 Å². The number of hydroxylamine groups is 2. The smallest absolute Gasteiger partial charge is 0.262 e. The Morgan fingerprint density at radius 3 is 2.58 bits per heavy atom. The standard InChI is InChI=1S/C28H25F2N7O2S/c1-18-3-5-22(6-4-18)37-26(33-28(38)24-17-32-36-10-2-9-31-27(24)36)16-25(34-37)19-7-11-35(12-8-19)39-40-23-14-20(29)13-21(30)15-23/h2-6,9-10,13-17,19H,7-8,11-12H2,1H3,(H,33,38). The van der Waals surface area contributed by atoms with Crippen molar-refractivity contribution in [1.29, 1.82) is 0 Å². The van der Waals surface area contributed by atoms with E-state index in [1.165, 1.54) is 18.3 Å². The predicted molar refractivity (Wildman–Crippen MR) is 146 cm³/mol. The summed E-state index contributed by atoms with van der Waals surface area (Å²) in [6, 6.07) is 14.9. The van der Waals surface area contributed by atoms with Gasteiger partial charge in [-0.2, -0.15) is 15.3 Å². The first-order valence-corrected chi connectivity index (χ1v) is 13.5. The lowest BCUT2D eigenvalue weighted by molar-refractivity contribution is -0.0567. The van der Waals surface area contributed by atoms with Gasteiger partial charge in [0.1, 0.15) is 23.0 Å². The highest BCUT2D eigenvalue weighted by Crippen LogP contribution is 2.32. The molecule has 1 N–H and O–H groups in total. The fourth-order valence-electron chi connectivity index (χ4n) is 4.64. The molecule has 3 aromatic heterocycles. The molecule has 0 unspecified atom stereocenters. The molecule has 1 saturated heterocycles. The van der Waals surface area contributed by atoms with Gasteiger partial charge in [0.15, 0.2) is 5.65 Å². The van der Waals surface area contributed by atoms with Crippen LogP contribution in [-0.4, -0.2) is 48.4 Å². The Balaban J connectivity index is 1.18. The van der Waals surface area contributed by atoms with Gasteiger partial charge in [-0.15, -0.1) is 0 Å². The van der Waals surface area contributed by atoms with Crippen LogP contribution < -0.4 is 5.32 Å². The Morgan fingerprint density at radius 2 is 1.82 bits per heavy atom. The van der Waals surface area contributed by atoms with E-state index in [4.69, 9.17) is 9.38 Å². The molecular weight excluding hydrogens is 536 g/mol. The lowest BCUT2D eigenvalue weighted by atomic mass is 9.94. The van der Waals surface area contributed by atoms with Crippen LogP contribution in [0.5, 0.6) is 0 Å². The Morgan fingerprint density at radius 1 is 1.07 bits per heavy atom. The normalized spacial score (nSPS) is 14.6. The average Bonchev–Trinajstić information content (AvgIpc) is 3.57. The molecule has 1 aliphatic rings. The molecule has 1 amide bonds. The van der Waals surface area contributed by atoms with Gasteiger partial charge in [0, 0.05) is 48.4 Å². The molecule has 0 spiro atoms. The molecule has 0 aliphatic carbocycles. The fraction of sp³-hybridized carbons (Fsp3) is 0.214. The van der Waals surface area contributed by atoms with E-state index in [1.54, 1.807) is 32.7 Å². The average molecular weight is 562 g/mol. The zero-order valence-electron chi connectivity index (χ0n) is 21.5. The van der Waals surface area contributed by atoms with E-state index >= 15 is 0 Å². The highest BCUT2D eigenvalue weighted by atomic mass is 32.2. The Bertz CT molecular complexity index is 1640. The lowest BCUT2D eigenvalue weighted by Crippen LogP contribution is -2.31. The molecule has 5 aromatic rings. The Kier molecular flexibility index (Phi) is 7.29. The number of amides is 1. The molecule has 0 radical (unpaired) electrons. The van der Waals surface area contributed by atoms with Crippen LogP contribution in [0.2, 0.25) is 0 Å². The number of aromatic nitrogens is 5. The van der Waals surface area contributed by atoms with Crippen molar-refractivity contribution in [2.45, 2.75) is 30.6 Å². The van der Waals surface area contributed by atoms with Crippen molar-refractivity contribution in [3.8, 4) is 5.69 Å². The summed E-state index contributed by atoms with van der Waals surface area (Å²) in [4.78, 5) is 17.9. The first-order chi connectivity index (χ1) is 19.4. The van der Waals surface area contributed by atoms with E-state index in [1.807, 2.05) is 37.3 Å². The highest BCUT2D eigenvalue weighted by molar-refractivity contribution is 7.94. The third-order valence-electron chi connectivity index (χ3n) is 6.72. The minimum absolute atomic E-state index is 0.137. The van der Waals surface area contributed by atoms with Crippen molar-refractivity contribution in [3.63, 3.8) is 0 Å². The van der Waals surface area contributed by atoms with Crippen LogP contribution >= 0.6 is 12.0 Å². The number of halogens is 2. The van der Waals surface area contributed by atoms with Gasteiger partial charge in [-0.3, -0.25) is 4.79 Å². The minimum atomic E-state index is -0.644. The Labute approximate surface area is 232 Å². The topological polar surface area (TPSA) is 89.6 Å². The van der Waals surface area contributed by atoms with Crippen molar-refractivity contribution in [2.24, 2.45) is 0 Å². The van der Waals surface area contributed by atoms with E-state index in [9.17, 15) is 13.6 Å². The van der Waals surface area contributed by atoms with Gasteiger partial charge in [-0.05, 0) is 50.1 Å². The maximum absolute atomic E-state index is 13.5. The van der Waals surface area contributed by atoms with Crippen molar-refractivity contribution < 1.29 is 17.9 Å². The molecule has 1 fully saturated rings. The highest BCUT2D eigenvalue weighted by Gasteiger charge is 2.26. The number of aryl methyl sites for hydroxylation is 1. The maximum atomic E-state index is 13.5. The molecule has 204 valence electrons. The molecule has 40 heavy (non-hydrogen) atoms. The second-order valence-corrected chi connectivity index (χ2v) is 10.4. The second kappa shape index (κ2) is 11.2. The van der Waals surface area contributed by atoms with E-state index < -0.39 is 11.6 Å². The second-order valence-electron chi connectivity index (χ2n) is 9.57. The van der Waals surface area contributed by atoms with Gasteiger partial charge in [-0.25, -0.2) is 27.2 Å². The number of fused-ring (bicyclic) bond motifs is 1. The number of carbonyl (C=O) groups excluding carboxylic acids is 1. The van der Waals surface area contributed by atoms with Crippen molar-refractivity contribution in [1.82, 2.24) is 29.4 Å². The molecule has 9 nitrogen and oxygen atoms in total. The SMILES string of the molecule is Cc1ccc(-n2nc(C3CCN(OSc4cc(F)cc(F)c4)CC3)cc2NC(=O)c2cnn3cccnc23)cc1. The maximum Gasteiger partial charge on any atom is 0.262 e. The number of hydrogen-bond donors (Lipinski definition) is 1. The van der Waals surface area contributed by atoms with Gasteiger partial charge in [-0.1, -0.05) is 17.7 Å². The number of nitrogens with zero attached hydrogens (tertiary/aromatic N) is 6. The lowest BCUT2D eigenvalue weighted by Gasteiger charge is -2.29. The van der Waals surface area contributed by atoms with Crippen LogP contribution in [0, 0.1) is 18.6 Å². The van der Waals surface area contributed by atoms with E-state index in [0.29, 0.717) is 35.0 Å². The zero-order chi connectivity index (χ0) is 27.6. The third-order valence-corrected chi connectivity index (χ3v) is 7.43. The van der Waals surface area contributed by atoms with Gasteiger partial charge >= 0.3 is 0 Å². The number of hydrogen-bond acceptors (Lipinski definition) is 7.